The van der Waals surface area contributed by atoms with Crippen molar-refractivity contribution in [3.8, 4) is 0 Å². The summed E-state index contributed by atoms with van der Waals surface area (Å²) >= 11 is 0. The van der Waals surface area contributed by atoms with Crippen molar-refractivity contribution in [2.45, 2.75) is 19.1 Å². The molecule has 5 heteroatoms. The van der Waals surface area contributed by atoms with E-state index in [1.807, 2.05) is 37.4 Å². The van der Waals surface area contributed by atoms with Crippen molar-refractivity contribution in [3.05, 3.63) is 47.3 Å². The number of ether oxygens (including phenoxy) is 1. The number of carbonyl (C=O) groups is 1. The molecule has 19 heavy (non-hydrogen) atoms. The van der Waals surface area contributed by atoms with E-state index in [0.29, 0.717) is 25.3 Å². The molecule has 0 amide bonds. The van der Waals surface area contributed by atoms with Crippen LogP contribution in [-0.4, -0.2) is 25.6 Å². The van der Waals surface area contributed by atoms with E-state index in [1.165, 1.54) is 0 Å². The Kier molecular flexibility index (Phi) is 4.41. The first kappa shape index (κ1) is 13.4. The number of hydrogen-bond donors (Lipinski definition) is 3. The third-order valence-corrected chi connectivity index (χ3v) is 3.15. The van der Waals surface area contributed by atoms with Gasteiger partial charge in [0.25, 0.3) is 0 Å². The summed E-state index contributed by atoms with van der Waals surface area (Å²) in [5.74, 6) is -0.262. The molecule has 0 aliphatic carbocycles. The molecule has 5 nitrogen and oxygen atoms in total. The monoisotopic (exact) mass is 261 g/mol. The van der Waals surface area contributed by atoms with Crippen molar-refractivity contribution in [3.63, 3.8) is 0 Å². The molecule has 1 heterocycles. The van der Waals surface area contributed by atoms with Crippen LogP contribution in [0.1, 0.15) is 12.0 Å². The minimum Gasteiger partial charge on any atom is -0.460 e. The molecule has 4 N–H and O–H groups in total. The van der Waals surface area contributed by atoms with Gasteiger partial charge in [0.1, 0.15) is 12.6 Å². The Bertz CT molecular complexity index is 471. The van der Waals surface area contributed by atoms with Crippen molar-refractivity contribution >= 4 is 5.97 Å². The Labute approximate surface area is 112 Å². The summed E-state index contributed by atoms with van der Waals surface area (Å²) in [6.45, 7) is 0.855. The number of esters is 1. The van der Waals surface area contributed by atoms with Crippen LogP contribution in [0.15, 0.2) is 41.7 Å². The highest BCUT2D eigenvalue weighted by atomic mass is 16.5. The number of rotatable bonds is 4. The second-order valence-corrected chi connectivity index (χ2v) is 4.48. The lowest BCUT2D eigenvalue weighted by Crippen LogP contribution is -2.45. The van der Waals surface area contributed by atoms with Gasteiger partial charge in [0.15, 0.2) is 0 Å². The van der Waals surface area contributed by atoms with Crippen molar-refractivity contribution in [2.24, 2.45) is 5.73 Å². The van der Waals surface area contributed by atoms with Crippen LogP contribution < -0.4 is 16.4 Å². The summed E-state index contributed by atoms with van der Waals surface area (Å²) < 4.78 is 5.28. The van der Waals surface area contributed by atoms with Crippen LogP contribution in [0.5, 0.6) is 0 Å². The van der Waals surface area contributed by atoms with Gasteiger partial charge in [-0.05, 0) is 5.56 Å². The van der Waals surface area contributed by atoms with E-state index in [2.05, 4.69) is 10.6 Å². The number of nitrogens with one attached hydrogen (secondary N) is 2. The van der Waals surface area contributed by atoms with Crippen LogP contribution in [0.3, 0.4) is 0 Å². The van der Waals surface area contributed by atoms with E-state index in [9.17, 15) is 4.79 Å². The fourth-order valence-corrected chi connectivity index (χ4v) is 2.00. The predicted molar refractivity (Wildman–Crippen MR) is 72.9 cm³/mol. The Hall–Kier alpha value is -2.01. The Morgan fingerprint density at radius 3 is 2.84 bits per heavy atom. The quantitative estimate of drug-likeness (QED) is 0.687. The van der Waals surface area contributed by atoms with E-state index in [-0.39, 0.29) is 12.0 Å². The van der Waals surface area contributed by atoms with Gasteiger partial charge < -0.3 is 15.8 Å². The fraction of sp³-hybridized carbons (Fsp3) is 0.357. The van der Waals surface area contributed by atoms with Crippen molar-refractivity contribution in [2.75, 3.05) is 13.6 Å². The largest absolute Gasteiger partial charge is 0.460 e. The van der Waals surface area contributed by atoms with Gasteiger partial charge in [-0.25, -0.2) is 0 Å². The molecule has 1 aliphatic heterocycles. The summed E-state index contributed by atoms with van der Waals surface area (Å²) in [5.41, 5.74) is 8.52. The summed E-state index contributed by atoms with van der Waals surface area (Å²) in [7, 11) is 1.82. The standard InChI is InChI=1S/C14H19N3O2/c1-16-13-8-17-12(7-11(13)15)14(18)19-9-10-5-3-2-4-6-10/h2-6,12,16-17H,7-9,15H2,1H3/t12-/m0/s1. The van der Waals surface area contributed by atoms with Crippen molar-refractivity contribution in [1.29, 1.82) is 0 Å². The molecule has 102 valence electrons. The normalized spacial score (nSPS) is 19.1. The highest BCUT2D eigenvalue weighted by Crippen LogP contribution is 2.12. The van der Waals surface area contributed by atoms with E-state index in [0.717, 1.165) is 11.3 Å². The van der Waals surface area contributed by atoms with Gasteiger partial charge in [0.2, 0.25) is 0 Å². The Balaban J connectivity index is 1.87. The van der Waals surface area contributed by atoms with Crippen LogP contribution in [0.4, 0.5) is 0 Å². The smallest absolute Gasteiger partial charge is 0.323 e. The fourth-order valence-electron chi connectivity index (χ4n) is 2.00. The lowest BCUT2D eigenvalue weighted by molar-refractivity contribution is -0.147. The number of likely N-dealkylation sites (N-methyl/N-ethyl adjacent to an activating group) is 1. The highest BCUT2D eigenvalue weighted by Gasteiger charge is 2.25. The first-order chi connectivity index (χ1) is 9.20. The van der Waals surface area contributed by atoms with Gasteiger partial charge in [-0.2, -0.15) is 0 Å². The predicted octanol–water partition coefficient (Wildman–Crippen LogP) is 0.481. The molecule has 0 aromatic heterocycles. The topological polar surface area (TPSA) is 76.4 Å². The van der Waals surface area contributed by atoms with E-state index in [1.54, 1.807) is 0 Å². The summed E-state index contributed by atoms with van der Waals surface area (Å²) in [5, 5.41) is 6.12. The van der Waals surface area contributed by atoms with Crippen LogP contribution in [0.25, 0.3) is 0 Å². The summed E-state index contributed by atoms with van der Waals surface area (Å²) in [4.78, 5) is 11.9. The van der Waals surface area contributed by atoms with Crippen molar-refractivity contribution < 1.29 is 9.53 Å². The zero-order chi connectivity index (χ0) is 13.7. The number of nitrogens with two attached hydrogens (primary N) is 1. The van der Waals surface area contributed by atoms with Gasteiger partial charge in [-0.3, -0.25) is 10.1 Å². The minimum absolute atomic E-state index is 0.262. The van der Waals surface area contributed by atoms with Gasteiger partial charge in [-0.15, -0.1) is 0 Å². The SMILES string of the molecule is CNC1=C(N)C[C@@H](C(=O)OCc2ccccc2)NC1. The molecule has 0 unspecified atom stereocenters. The summed E-state index contributed by atoms with van der Waals surface area (Å²) in [6, 6.07) is 9.26. The molecule has 0 spiro atoms. The molecule has 1 aromatic rings. The number of benzene rings is 1. The minimum atomic E-state index is -0.360. The molecule has 0 saturated heterocycles. The number of hydrogen-bond acceptors (Lipinski definition) is 5. The maximum atomic E-state index is 11.9. The highest BCUT2D eigenvalue weighted by molar-refractivity contribution is 5.76. The number of carbonyl (C=O) groups excluding carboxylic acids is 1. The Morgan fingerprint density at radius 1 is 1.47 bits per heavy atom. The molecule has 0 fully saturated rings. The average Bonchev–Trinajstić information content (AvgIpc) is 2.45. The zero-order valence-electron chi connectivity index (χ0n) is 11.0. The second kappa shape index (κ2) is 6.24. The zero-order valence-corrected chi connectivity index (χ0v) is 11.0. The molecular formula is C14H19N3O2. The molecule has 1 atom stereocenters. The maximum absolute atomic E-state index is 11.9. The molecule has 0 saturated carbocycles. The van der Waals surface area contributed by atoms with Crippen LogP contribution >= 0.6 is 0 Å². The lowest BCUT2D eigenvalue weighted by Gasteiger charge is -2.25. The van der Waals surface area contributed by atoms with Gasteiger partial charge in [0, 0.05) is 31.4 Å². The third-order valence-electron chi connectivity index (χ3n) is 3.15. The molecule has 1 aliphatic rings. The summed E-state index contributed by atoms with van der Waals surface area (Å²) in [6.07, 6.45) is 0.476. The van der Waals surface area contributed by atoms with E-state index in [4.69, 9.17) is 10.5 Å². The van der Waals surface area contributed by atoms with Gasteiger partial charge in [0.05, 0.1) is 0 Å². The van der Waals surface area contributed by atoms with Gasteiger partial charge >= 0.3 is 5.97 Å². The molecular weight excluding hydrogens is 242 g/mol. The molecule has 1 aromatic carbocycles. The molecule has 2 rings (SSSR count). The van der Waals surface area contributed by atoms with Crippen molar-refractivity contribution in [1.82, 2.24) is 10.6 Å². The lowest BCUT2D eigenvalue weighted by atomic mass is 10.1. The maximum Gasteiger partial charge on any atom is 0.323 e. The first-order valence-corrected chi connectivity index (χ1v) is 6.30. The first-order valence-electron chi connectivity index (χ1n) is 6.30. The van der Waals surface area contributed by atoms with E-state index >= 15 is 0 Å². The molecule has 0 radical (unpaired) electrons. The van der Waals surface area contributed by atoms with Crippen LogP contribution in [0.2, 0.25) is 0 Å². The second-order valence-electron chi connectivity index (χ2n) is 4.48. The Morgan fingerprint density at radius 2 is 2.21 bits per heavy atom. The van der Waals surface area contributed by atoms with Crippen LogP contribution in [0, 0.1) is 0 Å². The van der Waals surface area contributed by atoms with Crippen LogP contribution in [-0.2, 0) is 16.1 Å². The van der Waals surface area contributed by atoms with E-state index < -0.39 is 0 Å². The average molecular weight is 261 g/mol. The molecule has 0 bridgehead atoms. The third kappa shape index (κ3) is 3.48. The van der Waals surface area contributed by atoms with Gasteiger partial charge in [-0.1, -0.05) is 30.3 Å².